The van der Waals surface area contributed by atoms with Crippen molar-refractivity contribution in [2.24, 2.45) is 5.73 Å². The number of rotatable bonds is 31. The lowest BCUT2D eigenvalue weighted by Gasteiger charge is -2.20. The molecule has 0 aromatic carbocycles. The normalized spacial score (nSPS) is 15.2. The molecule has 0 aliphatic rings. The zero-order valence-corrected chi connectivity index (χ0v) is 32.2. The Hall–Kier alpha value is -4.12. The van der Waals surface area contributed by atoms with Crippen molar-refractivity contribution in [3.8, 4) is 0 Å². The van der Waals surface area contributed by atoms with Gasteiger partial charge in [-0.3, -0.25) is 23.4 Å². The predicted octanol–water partition coefficient (Wildman–Crippen LogP) is 8.88. The lowest BCUT2D eigenvalue weighted by molar-refractivity contribution is -0.161. The quantitative estimate of drug-likeness (QED) is 0.0203. The van der Waals surface area contributed by atoms with Gasteiger partial charge in [-0.1, -0.05) is 135 Å². The first kappa shape index (κ1) is 48.9. The summed E-state index contributed by atoms with van der Waals surface area (Å²) >= 11 is 0. The van der Waals surface area contributed by atoms with Gasteiger partial charge in [-0.25, -0.2) is 4.57 Å². The Morgan fingerprint density at radius 3 is 1.64 bits per heavy atom. The molecular formula is C41H60NO10P. The Bertz CT molecular complexity index is 1350. The zero-order chi connectivity index (χ0) is 39.3. The van der Waals surface area contributed by atoms with Crippen LogP contribution in [0.25, 0.3) is 0 Å². The van der Waals surface area contributed by atoms with Crippen molar-refractivity contribution in [2.75, 3.05) is 19.8 Å². The van der Waals surface area contributed by atoms with Gasteiger partial charge in [-0.2, -0.15) is 0 Å². The second-order valence-electron chi connectivity index (χ2n) is 11.4. The van der Waals surface area contributed by atoms with Crippen LogP contribution in [0.5, 0.6) is 0 Å². The van der Waals surface area contributed by atoms with Crippen molar-refractivity contribution in [1.29, 1.82) is 0 Å². The van der Waals surface area contributed by atoms with Gasteiger partial charge in [0.05, 0.1) is 13.2 Å². The first-order valence-corrected chi connectivity index (χ1v) is 19.6. The molecule has 0 radical (unpaired) electrons. The Kier molecular flexibility index (Phi) is 32.2. The number of esters is 2. The molecule has 0 heterocycles. The van der Waals surface area contributed by atoms with Crippen LogP contribution < -0.4 is 5.73 Å². The number of carbonyl (C=O) groups excluding carboxylic acids is 2. The van der Waals surface area contributed by atoms with Gasteiger partial charge in [0.25, 0.3) is 0 Å². The van der Waals surface area contributed by atoms with Crippen LogP contribution in [-0.2, 0) is 37.5 Å². The number of phosphoric acid groups is 1. The minimum atomic E-state index is -4.75. The van der Waals surface area contributed by atoms with E-state index in [1.807, 2.05) is 72.9 Å². The third-order valence-corrected chi connectivity index (χ3v) is 7.55. The monoisotopic (exact) mass is 757 g/mol. The van der Waals surface area contributed by atoms with Crippen LogP contribution in [-0.4, -0.2) is 59.9 Å². The molecule has 3 atom stereocenters. The number of hydrogen-bond donors (Lipinski definition) is 3. The second-order valence-corrected chi connectivity index (χ2v) is 12.8. The van der Waals surface area contributed by atoms with Gasteiger partial charge in [0.1, 0.15) is 12.6 Å². The van der Waals surface area contributed by atoms with E-state index in [1.54, 1.807) is 0 Å². The molecule has 0 aliphatic carbocycles. The Balaban J connectivity index is 4.74. The van der Waals surface area contributed by atoms with E-state index in [0.29, 0.717) is 19.3 Å². The minimum absolute atomic E-state index is 0.0410. The van der Waals surface area contributed by atoms with Crippen molar-refractivity contribution in [3.63, 3.8) is 0 Å². The van der Waals surface area contributed by atoms with E-state index in [0.717, 1.165) is 38.5 Å². The molecule has 12 heteroatoms. The van der Waals surface area contributed by atoms with E-state index in [1.165, 1.54) is 0 Å². The third-order valence-electron chi connectivity index (χ3n) is 6.60. The smallest absolute Gasteiger partial charge is 0.472 e. The maximum absolute atomic E-state index is 12.5. The molecule has 0 amide bonds. The highest BCUT2D eigenvalue weighted by Crippen LogP contribution is 2.43. The largest absolute Gasteiger partial charge is 0.480 e. The molecular weight excluding hydrogens is 697 g/mol. The van der Waals surface area contributed by atoms with Crippen LogP contribution in [0.3, 0.4) is 0 Å². The van der Waals surface area contributed by atoms with Gasteiger partial charge in [0.15, 0.2) is 6.10 Å². The number of carboxylic acids is 1. The van der Waals surface area contributed by atoms with Crippen LogP contribution >= 0.6 is 7.82 Å². The fourth-order valence-electron chi connectivity index (χ4n) is 3.79. The standard InChI is InChI=1S/C41H60NO10P/c1-3-5-7-9-11-13-15-17-18-19-21-22-24-26-28-30-32-39(43)49-34-37(35-50-53(47,48)51-36-38(42)41(45)46)52-40(44)33-31-29-27-25-23-20-16-14-12-10-8-6-4-2/h5-8,10-14,16-18,20-23,25-28,37-38H,3-4,9,15,19,24,29-36,42H2,1-2H3,(H,45,46)(H,47,48)/b7-5+,8-6+,12-10+,13-11+,16-14+,18-17+,22-21+,23-20+,27-25+,28-26+/t37?,38-/m0/s1. The Morgan fingerprint density at radius 2 is 1.09 bits per heavy atom. The van der Waals surface area contributed by atoms with Gasteiger partial charge in [0, 0.05) is 12.8 Å². The second kappa shape index (κ2) is 34.9. The van der Waals surface area contributed by atoms with Gasteiger partial charge in [-0.15, -0.1) is 0 Å². The predicted molar refractivity (Wildman–Crippen MR) is 212 cm³/mol. The van der Waals surface area contributed by atoms with E-state index >= 15 is 0 Å². The number of allylic oxidation sites excluding steroid dienone is 20. The van der Waals surface area contributed by atoms with Gasteiger partial charge >= 0.3 is 25.7 Å². The van der Waals surface area contributed by atoms with Crippen LogP contribution in [0, 0.1) is 0 Å². The van der Waals surface area contributed by atoms with Crippen LogP contribution in [0.1, 0.15) is 84.5 Å². The number of carbonyl (C=O) groups is 3. The Labute approximate surface area is 316 Å². The van der Waals surface area contributed by atoms with Crippen LogP contribution in [0.2, 0.25) is 0 Å². The number of phosphoric ester groups is 1. The fourth-order valence-corrected chi connectivity index (χ4v) is 4.57. The summed E-state index contributed by atoms with van der Waals surface area (Å²) in [6.07, 6.45) is 45.9. The maximum atomic E-state index is 12.5. The summed E-state index contributed by atoms with van der Waals surface area (Å²) in [5.74, 6) is -2.61. The molecule has 0 fully saturated rings. The van der Waals surface area contributed by atoms with E-state index < -0.39 is 57.7 Å². The summed E-state index contributed by atoms with van der Waals surface area (Å²) in [7, 11) is -4.75. The lowest BCUT2D eigenvalue weighted by Crippen LogP contribution is -2.34. The van der Waals surface area contributed by atoms with Crippen molar-refractivity contribution in [1.82, 2.24) is 0 Å². The highest BCUT2D eigenvalue weighted by atomic mass is 31.2. The molecule has 4 N–H and O–H groups in total. The number of unbranched alkanes of at least 4 members (excludes halogenated alkanes) is 1. The molecule has 53 heavy (non-hydrogen) atoms. The summed E-state index contributed by atoms with van der Waals surface area (Å²) < 4.78 is 32.3. The van der Waals surface area contributed by atoms with Gasteiger partial charge in [0.2, 0.25) is 0 Å². The highest BCUT2D eigenvalue weighted by Gasteiger charge is 2.28. The number of nitrogens with two attached hydrogens (primary N) is 1. The van der Waals surface area contributed by atoms with Crippen molar-refractivity contribution < 1.29 is 47.5 Å². The molecule has 0 aliphatic heterocycles. The summed E-state index contributed by atoms with van der Waals surface area (Å²) in [4.78, 5) is 45.6. The van der Waals surface area contributed by atoms with E-state index in [2.05, 4.69) is 67.0 Å². The van der Waals surface area contributed by atoms with E-state index in [9.17, 15) is 23.8 Å². The fraction of sp³-hybridized carbons (Fsp3) is 0.439. The summed E-state index contributed by atoms with van der Waals surface area (Å²) in [5, 5.41) is 8.85. The molecule has 2 unspecified atom stereocenters. The molecule has 0 rings (SSSR count). The summed E-state index contributed by atoms with van der Waals surface area (Å²) in [6.45, 7) is 2.33. The molecule has 0 bridgehead atoms. The minimum Gasteiger partial charge on any atom is -0.480 e. The molecule has 0 saturated carbocycles. The summed E-state index contributed by atoms with van der Waals surface area (Å²) in [6, 6.07) is -1.55. The molecule has 0 spiro atoms. The van der Waals surface area contributed by atoms with Crippen LogP contribution in [0.4, 0.5) is 0 Å². The van der Waals surface area contributed by atoms with Crippen molar-refractivity contribution in [2.45, 2.75) is 96.6 Å². The zero-order valence-electron chi connectivity index (χ0n) is 31.3. The highest BCUT2D eigenvalue weighted by molar-refractivity contribution is 7.47. The topological polar surface area (TPSA) is 172 Å². The SMILES string of the molecule is CC/C=C/C=C/C=C/C=C/C=C/CCCC(=O)OC(COC(=O)CC/C=C/C/C=C/C/C=C/C/C=C/C/C=C/CC)COP(=O)(O)OC[C@H](N)C(=O)O. The molecule has 0 aromatic rings. The summed E-state index contributed by atoms with van der Waals surface area (Å²) in [5.41, 5.74) is 5.30. The van der Waals surface area contributed by atoms with Crippen molar-refractivity contribution in [3.05, 3.63) is 122 Å². The first-order valence-electron chi connectivity index (χ1n) is 18.1. The first-order chi connectivity index (χ1) is 25.6. The number of hydrogen-bond acceptors (Lipinski definition) is 9. The Morgan fingerprint density at radius 1 is 0.604 bits per heavy atom. The number of carboxylic acid groups (broad SMARTS) is 1. The van der Waals surface area contributed by atoms with Crippen LogP contribution in [0.15, 0.2) is 122 Å². The van der Waals surface area contributed by atoms with Crippen molar-refractivity contribution >= 4 is 25.7 Å². The molecule has 0 aromatic heterocycles. The maximum Gasteiger partial charge on any atom is 0.472 e. The molecule has 11 nitrogen and oxygen atoms in total. The molecule has 0 saturated heterocycles. The average Bonchev–Trinajstić information content (AvgIpc) is 3.13. The van der Waals surface area contributed by atoms with Gasteiger partial charge < -0.3 is 25.2 Å². The van der Waals surface area contributed by atoms with Gasteiger partial charge in [-0.05, 0) is 57.8 Å². The van der Waals surface area contributed by atoms with E-state index in [4.69, 9.17) is 24.8 Å². The van der Waals surface area contributed by atoms with E-state index in [-0.39, 0.29) is 12.8 Å². The number of aliphatic carboxylic acids is 1. The lowest BCUT2D eigenvalue weighted by atomic mass is 10.2. The molecule has 294 valence electrons. The average molecular weight is 758 g/mol. The number of ether oxygens (including phenoxy) is 2. The third kappa shape index (κ3) is 34.7.